The first kappa shape index (κ1) is 16.4. The molecule has 0 radical (unpaired) electrons. The van der Waals surface area contributed by atoms with Crippen molar-refractivity contribution in [3.63, 3.8) is 0 Å². The minimum atomic E-state index is 0.312. The van der Waals surface area contributed by atoms with E-state index in [4.69, 9.17) is 11.2 Å². The van der Waals surface area contributed by atoms with Crippen LogP contribution in [0.15, 0.2) is 22.7 Å². The third-order valence-electron chi connectivity index (χ3n) is 4.25. The summed E-state index contributed by atoms with van der Waals surface area (Å²) in [5.74, 6) is 3.39. The topological polar surface area (TPSA) is 21.3 Å². The second-order valence-corrected chi connectivity index (χ2v) is 7.48. The Bertz CT molecular complexity index is 508. The highest BCUT2D eigenvalue weighted by atomic mass is 79.9. The van der Waals surface area contributed by atoms with E-state index in [0.717, 1.165) is 22.3 Å². The van der Waals surface area contributed by atoms with E-state index < -0.39 is 0 Å². The monoisotopic (exact) mass is 349 g/mol. The third-order valence-corrected chi connectivity index (χ3v) is 4.75. The van der Waals surface area contributed by atoms with Gasteiger partial charge in [-0.3, -0.25) is 0 Å². The normalized spacial score (nSPS) is 18.2. The quantitative estimate of drug-likeness (QED) is 0.789. The lowest BCUT2D eigenvalue weighted by Gasteiger charge is -2.34. The minimum absolute atomic E-state index is 0.312. The summed E-state index contributed by atoms with van der Waals surface area (Å²) in [5, 5.41) is 3.67. The Balaban J connectivity index is 1.93. The maximum atomic E-state index is 5.62. The van der Waals surface area contributed by atoms with Gasteiger partial charge in [-0.1, -0.05) is 35.7 Å². The van der Waals surface area contributed by atoms with Gasteiger partial charge in [0.05, 0.1) is 0 Å². The summed E-state index contributed by atoms with van der Waals surface area (Å²) >= 11 is 3.52. The smallest absolute Gasteiger partial charge is 0.148 e. The second-order valence-electron chi connectivity index (χ2n) is 6.56. The molecule has 21 heavy (non-hydrogen) atoms. The highest BCUT2D eigenvalue weighted by Gasteiger charge is 2.26. The lowest BCUT2D eigenvalue weighted by molar-refractivity contribution is 0.205. The Morgan fingerprint density at radius 1 is 1.38 bits per heavy atom. The molecule has 0 saturated heterocycles. The van der Waals surface area contributed by atoms with Crippen LogP contribution in [0.5, 0.6) is 5.75 Å². The van der Waals surface area contributed by atoms with Crippen LogP contribution in [-0.4, -0.2) is 12.6 Å². The summed E-state index contributed by atoms with van der Waals surface area (Å²) < 4.78 is 6.68. The van der Waals surface area contributed by atoms with E-state index in [1.54, 1.807) is 0 Å². The molecule has 1 N–H and O–H groups in total. The Morgan fingerprint density at radius 2 is 2.10 bits per heavy atom. The Morgan fingerprint density at radius 3 is 2.76 bits per heavy atom. The number of terminal acetylenes is 1. The van der Waals surface area contributed by atoms with Gasteiger partial charge >= 0.3 is 0 Å². The standard InChI is InChI=1S/C18H24BrNO/c1-4-11-21-17-6-5-15(19)12-14(17)13-20-16-7-9-18(2,3)10-8-16/h1,5-6,12,16,20H,7-11,13H2,2-3H3. The van der Waals surface area contributed by atoms with Crippen molar-refractivity contribution in [1.29, 1.82) is 0 Å². The van der Waals surface area contributed by atoms with Crippen LogP contribution in [0.25, 0.3) is 0 Å². The van der Waals surface area contributed by atoms with Crippen LogP contribution in [0.4, 0.5) is 0 Å². The van der Waals surface area contributed by atoms with E-state index in [2.05, 4.69) is 47.1 Å². The number of ether oxygens (including phenoxy) is 1. The predicted molar refractivity (Wildman–Crippen MR) is 91.3 cm³/mol. The van der Waals surface area contributed by atoms with Gasteiger partial charge in [0.25, 0.3) is 0 Å². The van der Waals surface area contributed by atoms with E-state index in [9.17, 15) is 0 Å². The highest BCUT2D eigenvalue weighted by molar-refractivity contribution is 9.10. The Kier molecular flexibility index (Phi) is 5.72. The van der Waals surface area contributed by atoms with Crippen molar-refractivity contribution in [2.45, 2.75) is 52.1 Å². The molecule has 0 bridgehead atoms. The van der Waals surface area contributed by atoms with Crippen molar-refractivity contribution in [1.82, 2.24) is 5.32 Å². The summed E-state index contributed by atoms with van der Waals surface area (Å²) in [6.07, 6.45) is 10.4. The van der Waals surface area contributed by atoms with Crippen LogP contribution >= 0.6 is 15.9 Å². The van der Waals surface area contributed by atoms with Gasteiger partial charge in [0, 0.05) is 22.6 Å². The van der Waals surface area contributed by atoms with Crippen molar-refractivity contribution >= 4 is 15.9 Å². The van der Waals surface area contributed by atoms with Gasteiger partial charge in [-0.05, 0) is 49.3 Å². The molecule has 0 amide bonds. The number of hydrogen-bond donors (Lipinski definition) is 1. The molecule has 0 aliphatic heterocycles. The lowest BCUT2D eigenvalue weighted by Crippen LogP contribution is -2.35. The molecule has 1 aromatic rings. The number of halogens is 1. The van der Waals surface area contributed by atoms with Gasteiger partial charge in [-0.2, -0.15) is 0 Å². The van der Waals surface area contributed by atoms with Gasteiger partial charge in [0.2, 0.25) is 0 Å². The number of hydrogen-bond acceptors (Lipinski definition) is 2. The Hall–Kier alpha value is -0.980. The molecule has 1 fully saturated rings. The average Bonchev–Trinajstić information content (AvgIpc) is 2.45. The molecule has 0 atom stereocenters. The Labute approximate surface area is 136 Å². The maximum absolute atomic E-state index is 5.62. The van der Waals surface area contributed by atoms with Crippen molar-refractivity contribution in [3.8, 4) is 18.1 Å². The van der Waals surface area contributed by atoms with Crippen LogP contribution in [0, 0.1) is 17.8 Å². The SMILES string of the molecule is C#CCOc1ccc(Br)cc1CNC1CCC(C)(C)CC1. The van der Waals surface area contributed by atoms with Gasteiger partial charge < -0.3 is 10.1 Å². The van der Waals surface area contributed by atoms with Crippen molar-refractivity contribution < 1.29 is 4.74 Å². The molecule has 0 spiro atoms. The van der Waals surface area contributed by atoms with E-state index in [-0.39, 0.29) is 0 Å². The number of nitrogens with one attached hydrogen (secondary N) is 1. The fraction of sp³-hybridized carbons (Fsp3) is 0.556. The van der Waals surface area contributed by atoms with Crippen LogP contribution in [0.2, 0.25) is 0 Å². The summed E-state index contributed by atoms with van der Waals surface area (Å²) in [5.41, 5.74) is 1.67. The largest absolute Gasteiger partial charge is 0.481 e. The minimum Gasteiger partial charge on any atom is -0.481 e. The molecule has 0 unspecified atom stereocenters. The molecule has 1 aliphatic carbocycles. The molecule has 3 heteroatoms. The van der Waals surface area contributed by atoms with Crippen LogP contribution in [0.3, 0.4) is 0 Å². The summed E-state index contributed by atoms with van der Waals surface area (Å²) in [6, 6.07) is 6.67. The summed E-state index contributed by atoms with van der Waals surface area (Å²) in [7, 11) is 0. The zero-order valence-corrected chi connectivity index (χ0v) is 14.5. The third kappa shape index (κ3) is 5.05. The van der Waals surface area contributed by atoms with Gasteiger partial charge in [-0.25, -0.2) is 0 Å². The number of benzene rings is 1. The lowest BCUT2D eigenvalue weighted by atomic mass is 9.75. The van der Waals surface area contributed by atoms with Gasteiger partial charge in [-0.15, -0.1) is 6.42 Å². The first-order chi connectivity index (χ1) is 10.00. The van der Waals surface area contributed by atoms with Crippen LogP contribution in [-0.2, 0) is 6.54 Å². The highest BCUT2D eigenvalue weighted by Crippen LogP contribution is 2.35. The molecule has 2 nitrogen and oxygen atoms in total. The molecular formula is C18H24BrNO. The summed E-state index contributed by atoms with van der Waals surface area (Å²) in [6.45, 7) is 5.86. The number of rotatable bonds is 5. The van der Waals surface area contributed by atoms with E-state index in [1.165, 1.54) is 25.7 Å². The molecule has 1 saturated carbocycles. The van der Waals surface area contributed by atoms with Crippen LogP contribution in [0.1, 0.15) is 45.1 Å². The molecule has 1 aromatic carbocycles. The van der Waals surface area contributed by atoms with Gasteiger partial charge in [0.15, 0.2) is 0 Å². The zero-order chi connectivity index (χ0) is 15.3. The van der Waals surface area contributed by atoms with Crippen molar-refractivity contribution in [2.75, 3.05) is 6.61 Å². The molecule has 1 aliphatic rings. The van der Waals surface area contributed by atoms with E-state index in [0.29, 0.717) is 18.1 Å². The van der Waals surface area contributed by atoms with E-state index >= 15 is 0 Å². The van der Waals surface area contributed by atoms with Crippen LogP contribution < -0.4 is 10.1 Å². The second kappa shape index (κ2) is 7.33. The molecule has 114 valence electrons. The zero-order valence-electron chi connectivity index (χ0n) is 12.9. The molecule has 0 heterocycles. The first-order valence-corrected chi connectivity index (χ1v) is 8.37. The molecule has 2 rings (SSSR count). The van der Waals surface area contributed by atoms with Crippen molar-refractivity contribution in [3.05, 3.63) is 28.2 Å². The fourth-order valence-corrected chi connectivity index (χ4v) is 3.21. The fourth-order valence-electron chi connectivity index (χ4n) is 2.80. The predicted octanol–water partition coefficient (Wildman–Crippen LogP) is 4.52. The summed E-state index contributed by atoms with van der Waals surface area (Å²) in [4.78, 5) is 0. The maximum Gasteiger partial charge on any atom is 0.148 e. The van der Waals surface area contributed by atoms with E-state index in [1.807, 2.05) is 12.1 Å². The van der Waals surface area contributed by atoms with Crippen molar-refractivity contribution in [2.24, 2.45) is 5.41 Å². The molecule has 0 aromatic heterocycles. The van der Waals surface area contributed by atoms with Gasteiger partial charge in [0.1, 0.15) is 12.4 Å². The average molecular weight is 350 g/mol. The molecular weight excluding hydrogens is 326 g/mol. The first-order valence-electron chi connectivity index (χ1n) is 7.58.